The molecule has 6 heteroatoms. The Labute approximate surface area is 207 Å². The summed E-state index contributed by atoms with van der Waals surface area (Å²) in [4.78, 5) is 17.9. The zero-order valence-corrected chi connectivity index (χ0v) is 20.6. The lowest BCUT2D eigenvalue weighted by atomic mass is 10.00. The quantitative estimate of drug-likeness (QED) is 0.313. The predicted octanol–water partition coefficient (Wildman–Crippen LogP) is 6.15. The Morgan fingerprint density at radius 1 is 1.00 bits per heavy atom. The van der Waals surface area contributed by atoms with E-state index in [-0.39, 0.29) is 5.97 Å². The highest BCUT2D eigenvalue weighted by Gasteiger charge is 2.22. The molecule has 0 saturated carbocycles. The molecule has 0 aliphatic heterocycles. The van der Waals surface area contributed by atoms with E-state index in [2.05, 4.69) is 23.5 Å². The van der Waals surface area contributed by atoms with E-state index in [4.69, 9.17) is 19.2 Å². The summed E-state index contributed by atoms with van der Waals surface area (Å²) >= 11 is 0. The summed E-state index contributed by atoms with van der Waals surface area (Å²) in [6, 6.07) is 18.0. The molecule has 35 heavy (non-hydrogen) atoms. The molecule has 1 N–H and O–H groups in total. The number of benzene rings is 2. The highest BCUT2D eigenvalue weighted by molar-refractivity contribution is 5.96. The molecule has 0 atom stereocenters. The van der Waals surface area contributed by atoms with Crippen LogP contribution in [0.5, 0.6) is 11.5 Å². The van der Waals surface area contributed by atoms with Gasteiger partial charge >= 0.3 is 5.97 Å². The number of allylic oxidation sites excluding steroid dienone is 1. The Bertz CT molecular complexity index is 1200. The summed E-state index contributed by atoms with van der Waals surface area (Å²) in [5, 5.41) is 3.38. The number of nitrogens with zero attached hydrogens (tertiary/aromatic N) is 1. The molecule has 0 fully saturated rings. The predicted molar refractivity (Wildman–Crippen MR) is 139 cm³/mol. The fourth-order valence-corrected chi connectivity index (χ4v) is 4.34. The summed E-state index contributed by atoms with van der Waals surface area (Å²) in [7, 11) is 3.23. The molecule has 6 nitrogen and oxygen atoms in total. The normalized spacial score (nSPS) is 14.1. The van der Waals surface area contributed by atoms with E-state index in [0.717, 1.165) is 48.1 Å². The minimum atomic E-state index is -0.365. The van der Waals surface area contributed by atoms with E-state index in [9.17, 15) is 4.79 Å². The number of esters is 1. The first-order valence-electron chi connectivity index (χ1n) is 12.0. The van der Waals surface area contributed by atoms with Crippen molar-refractivity contribution in [2.45, 2.75) is 39.2 Å². The average molecular weight is 473 g/mol. The minimum absolute atomic E-state index is 0.310. The third-order valence-electron chi connectivity index (χ3n) is 6.09. The van der Waals surface area contributed by atoms with Crippen LogP contribution in [0, 0.1) is 0 Å². The smallest absolute Gasteiger partial charge is 0.341 e. The maximum atomic E-state index is 12.9. The lowest BCUT2D eigenvalue weighted by Gasteiger charge is -2.17. The fourth-order valence-electron chi connectivity index (χ4n) is 4.34. The number of carbonyl (C=O) groups excluding carboxylic acids is 1. The molecule has 1 aromatic heterocycles. The molecule has 0 unspecified atom stereocenters. The summed E-state index contributed by atoms with van der Waals surface area (Å²) in [5.41, 5.74) is 5.82. The minimum Gasteiger partial charge on any atom is -0.493 e. The lowest BCUT2D eigenvalue weighted by Crippen LogP contribution is -2.14. The van der Waals surface area contributed by atoms with Gasteiger partial charge in [0.15, 0.2) is 11.5 Å². The monoisotopic (exact) mass is 472 g/mol. The van der Waals surface area contributed by atoms with Crippen LogP contribution in [0.1, 0.15) is 58.9 Å². The highest BCUT2D eigenvalue weighted by atomic mass is 16.5. The van der Waals surface area contributed by atoms with Crippen molar-refractivity contribution in [2.75, 3.05) is 26.1 Å². The SMILES string of the molecule is CCOC(=O)c1cc2c(nc1NCc1ccc(OC)c(OC)c1)C(=Cc1ccccc1)CCCC2. The highest BCUT2D eigenvalue weighted by Crippen LogP contribution is 2.33. The van der Waals surface area contributed by atoms with Gasteiger partial charge in [0, 0.05) is 6.54 Å². The second-order valence-corrected chi connectivity index (χ2v) is 8.44. The number of methoxy groups -OCH3 is 2. The van der Waals surface area contributed by atoms with Gasteiger partial charge in [0.05, 0.1) is 26.5 Å². The topological polar surface area (TPSA) is 69.7 Å². The number of aryl methyl sites for hydroxylation is 1. The fraction of sp³-hybridized carbons (Fsp3) is 0.310. The van der Waals surface area contributed by atoms with Crippen molar-refractivity contribution >= 4 is 23.4 Å². The van der Waals surface area contributed by atoms with E-state index >= 15 is 0 Å². The van der Waals surface area contributed by atoms with Gasteiger partial charge in [-0.15, -0.1) is 0 Å². The Balaban J connectivity index is 1.72. The second kappa shape index (κ2) is 11.6. The molecule has 2 aromatic carbocycles. The molecule has 0 amide bonds. The summed E-state index contributed by atoms with van der Waals surface area (Å²) in [6.45, 7) is 2.59. The van der Waals surface area contributed by atoms with E-state index in [1.807, 2.05) is 49.4 Å². The van der Waals surface area contributed by atoms with E-state index in [1.54, 1.807) is 14.2 Å². The molecule has 4 rings (SSSR count). The number of ether oxygens (including phenoxy) is 3. The van der Waals surface area contributed by atoms with Crippen molar-refractivity contribution in [1.82, 2.24) is 4.98 Å². The number of fused-ring (bicyclic) bond motifs is 1. The number of nitrogens with one attached hydrogen (secondary N) is 1. The van der Waals surface area contributed by atoms with Gasteiger partial charge in [0.25, 0.3) is 0 Å². The van der Waals surface area contributed by atoms with Gasteiger partial charge in [-0.05, 0) is 79.1 Å². The van der Waals surface area contributed by atoms with Crippen LogP contribution in [0.2, 0.25) is 0 Å². The second-order valence-electron chi connectivity index (χ2n) is 8.44. The van der Waals surface area contributed by atoms with Crippen molar-refractivity contribution in [3.05, 3.63) is 82.5 Å². The molecule has 1 aliphatic rings. The number of carbonyl (C=O) groups is 1. The molecule has 182 valence electrons. The van der Waals surface area contributed by atoms with E-state index < -0.39 is 0 Å². The van der Waals surface area contributed by atoms with Gasteiger partial charge < -0.3 is 19.5 Å². The Kier molecular flexibility index (Phi) is 8.03. The van der Waals surface area contributed by atoms with Crippen LogP contribution in [0.15, 0.2) is 54.6 Å². The van der Waals surface area contributed by atoms with Crippen LogP contribution in [-0.2, 0) is 17.7 Å². The maximum Gasteiger partial charge on any atom is 0.341 e. The summed E-state index contributed by atoms with van der Waals surface area (Å²) in [6.07, 6.45) is 6.18. The molecule has 1 heterocycles. The Morgan fingerprint density at radius 3 is 2.51 bits per heavy atom. The van der Waals surface area contributed by atoms with Crippen molar-refractivity contribution in [3.8, 4) is 11.5 Å². The Morgan fingerprint density at radius 2 is 1.77 bits per heavy atom. The number of anilines is 1. The van der Waals surface area contributed by atoms with Gasteiger partial charge in [-0.2, -0.15) is 0 Å². The summed E-state index contributed by atoms with van der Waals surface area (Å²) < 4.78 is 16.1. The van der Waals surface area contributed by atoms with Crippen LogP contribution < -0.4 is 14.8 Å². The number of hydrogen-bond acceptors (Lipinski definition) is 6. The van der Waals surface area contributed by atoms with Gasteiger partial charge in [-0.25, -0.2) is 9.78 Å². The molecule has 0 spiro atoms. The molecule has 0 bridgehead atoms. The van der Waals surface area contributed by atoms with E-state index in [1.165, 1.54) is 5.57 Å². The standard InChI is InChI=1S/C29H32N2O4/c1-4-35-29(32)24-18-23-13-9-8-12-22(16-20-10-6-5-7-11-20)27(23)31-28(24)30-19-21-14-15-25(33-2)26(17-21)34-3/h5-7,10-11,14-18H,4,8-9,12-13,19H2,1-3H3,(H,30,31). The molecule has 1 aliphatic carbocycles. The van der Waals surface area contributed by atoms with Gasteiger partial charge in [0.1, 0.15) is 11.4 Å². The maximum absolute atomic E-state index is 12.9. The lowest BCUT2D eigenvalue weighted by molar-refractivity contribution is 0.0527. The van der Waals surface area contributed by atoms with Crippen LogP contribution >= 0.6 is 0 Å². The first-order chi connectivity index (χ1) is 17.1. The van der Waals surface area contributed by atoms with Crippen LogP contribution in [0.4, 0.5) is 5.82 Å². The first kappa shape index (κ1) is 24.3. The number of hydrogen-bond donors (Lipinski definition) is 1. The third kappa shape index (κ3) is 5.83. The number of rotatable bonds is 8. The average Bonchev–Trinajstić information content (AvgIpc) is 3.09. The van der Waals surface area contributed by atoms with Crippen LogP contribution in [-0.4, -0.2) is 31.8 Å². The molecule has 0 radical (unpaired) electrons. The molecular formula is C29H32N2O4. The largest absolute Gasteiger partial charge is 0.493 e. The number of aromatic nitrogens is 1. The van der Waals surface area contributed by atoms with Crippen molar-refractivity contribution in [1.29, 1.82) is 0 Å². The van der Waals surface area contributed by atoms with Crippen molar-refractivity contribution in [3.63, 3.8) is 0 Å². The van der Waals surface area contributed by atoms with E-state index in [0.29, 0.717) is 36.0 Å². The molecule has 0 saturated heterocycles. The Hall–Kier alpha value is -3.80. The third-order valence-corrected chi connectivity index (χ3v) is 6.09. The van der Waals surface area contributed by atoms with Gasteiger partial charge in [-0.3, -0.25) is 0 Å². The molecular weight excluding hydrogens is 440 g/mol. The zero-order chi connectivity index (χ0) is 24.6. The van der Waals surface area contributed by atoms with Crippen molar-refractivity contribution < 1.29 is 19.0 Å². The first-order valence-corrected chi connectivity index (χ1v) is 12.0. The van der Waals surface area contributed by atoms with Gasteiger partial charge in [0.2, 0.25) is 0 Å². The zero-order valence-electron chi connectivity index (χ0n) is 20.6. The van der Waals surface area contributed by atoms with Crippen molar-refractivity contribution in [2.24, 2.45) is 0 Å². The van der Waals surface area contributed by atoms with Gasteiger partial charge in [-0.1, -0.05) is 36.4 Å². The summed E-state index contributed by atoms with van der Waals surface area (Å²) in [5.74, 6) is 1.48. The number of pyridine rings is 1. The molecule has 3 aromatic rings. The van der Waals surface area contributed by atoms with Crippen LogP contribution in [0.3, 0.4) is 0 Å². The van der Waals surface area contributed by atoms with Crippen LogP contribution in [0.25, 0.3) is 11.6 Å².